The standard InChI is InChI=1S/C23H39N3O/c1-3-4-9-19-12-8-13-20(16-19)17-23(21(27)26(2)22(24)25-23)15-14-18-10-6-5-7-11-18/h3,18-20H,1,4-17H2,2H3,(H2,24,25)/t19-,20-,23+/m0/s1. The van der Waals surface area contributed by atoms with Crippen molar-refractivity contribution in [1.29, 1.82) is 0 Å². The smallest absolute Gasteiger partial charge is 0.257 e. The molecule has 0 radical (unpaired) electrons. The van der Waals surface area contributed by atoms with Crippen molar-refractivity contribution >= 4 is 11.9 Å². The Bertz CT molecular complexity index is 552. The minimum absolute atomic E-state index is 0.143. The molecule has 3 rings (SSSR count). The molecule has 3 atom stereocenters. The van der Waals surface area contributed by atoms with Crippen LogP contribution in [0.25, 0.3) is 0 Å². The zero-order chi connectivity index (χ0) is 19.3. The molecule has 1 heterocycles. The minimum Gasteiger partial charge on any atom is -0.369 e. The van der Waals surface area contributed by atoms with Gasteiger partial charge in [0.05, 0.1) is 0 Å². The fourth-order valence-electron chi connectivity index (χ4n) is 5.76. The minimum atomic E-state index is -0.582. The molecule has 0 aromatic heterocycles. The van der Waals surface area contributed by atoms with E-state index >= 15 is 0 Å². The van der Waals surface area contributed by atoms with Gasteiger partial charge >= 0.3 is 0 Å². The summed E-state index contributed by atoms with van der Waals surface area (Å²) in [5, 5.41) is 0. The van der Waals surface area contributed by atoms with Gasteiger partial charge in [-0.05, 0) is 56.3 Å². The van der Waals surface area contributed by atoms with Crippen LogP contribution in [0.3, 0.4) is 0 Å². The highest BCUT2D eigenvalue weighted by Gasteiger charge is 2.47. The lowest BCUT2D eigenvalue weighted by Gasteiger charge is -2.35. The van der Waals surface area contributed by atoms with Crippen LogP contribution in [0.5, 0.6) is 0 Å². The molecule has 0 aromatic rings. The Hall–Kier alpha value is -1.32. The topological polar surface area (TPSA) is 58.7 Å². The number of nitrogens with zero attached hydrogens (tertiary/aromatic N) is 2. The van der Waals surface area contributed by atoms with E-state index in [4.69, 9.17) is 10.7 Å². The maximum atomic E-state index is 13.2. The molecule has 2 N–H and O–H groups in total. The molecule has 2 saturated carbocycles. The quantitative estimate of drug-likeness (QED) is 0.606. The second-order valence-corrected chi connectivity index (χ2v) is 9.38. The number of rotatable bonds is 8. The summed E-state index contributed by atoms with van der Waals surface area (Å²) in [6.07, 6.45) is 19.1. The van der Waals surface area contributed by atoms with Crippen LogP contribution < -0.4 is 5.73 Å². The molecule has 0 aromatic carbocycles. The van der Waals surface area contributed by atoms with Gasteiger partial charge in [0.2, 0.25) is 0 Å². The van der Waals surface area contributed by atoms with Gasteiger partial charge < -0.3 is 5.73 Å². The average molecular weight is 374 g/mol. The second kappa shape index (κ2) is 9.25. The van der Waals surface area contributed by atoms with Gasteiger partial charge in [-0.3, -0.25) is 9.69 Å². The summed E-state index contributed by atoms with van der Waals surface area (Å²) >= 11 is 0. The van der Waals surface area contributed by atoms with Gasteiger partial charge in [-0.1, -0.05) is 57.4 Å². The Morgan fingerprint density at radius 3 is 2.48 bits per heavy atom. The fraction of sp³-hybridized carbons (Fsp3) is 0.826. The predicted octanol–water partition coefficient (Wildman–Crippen LogP) is 5.04. The van der Waals surface area contributed by atoms with E-state index in [1.54, 1.807) is 11.9 Å². The van der Waals surface area contributed by atoms with Crippen LogP contribution in [0.1, 0.15) is 89.9 Å². The normalized spacial score (nSPS) is 32.6. The number of aliphatic imine (C=N–C) groups is 1. The van der Waals surface area contributed by atoms with E-state index in [9.17, 15) is 4.79 Å². The van der Waals surface area contributed by atoms with Crippen LogP contribution in [0.15, 0.2) is 17.6 Å². The molecule has 0 unspecified atom stereocenters. The monoisotopic (exact) mass is 373 g/mol. The Kier molecular flexibility index (Phi) is 6.99. The third-order valence-corrected chi connectivity index (χ3v) is 7.36. The number of hydrogen-bond donors (Lipinski definition) is 1. The van der Waals surface area contributed by atoms with Crippen molar-refractivity contribution in [2.45, 2.75) is 95.4 Å². The Labute approximate surface area is 165 Å². The first-order chi connectivity index (χ1) is 13.0. The molecule has 1 amide bonds. The highest BCUT2D eigenvalue weighted by atomic mass is 16.2. The van der Waals surface area contributed by atoms with Crippen LogP contribution in [0.4, 0.5) is 0 Å². The molecule has 4 heteroatoms. The Balaban J connectivity index is 1.66. The largest absolute Gasteiger partial charge is 0.369 e. The summed E-state index contributed by atoms with van der Waals surface area (Å²) in [6.45, 7) is 3.87. The number of nitrogens with two attached hydrogens (primary N) is 1. The third-order valence-electron chi connectivity index (χ3n) is 7.36. The van der Waals surface area contributed by atoms with Crippen molar-refractivity contribution in [2.24, 2.45) is 28.5 Å². The third kappa shape index (κ3) is 4.94. The molecule has 1 aliphatic heterocycles. The fourth-order valence-corrected chi connectivity index (χ4v) is 5.76. The summed E-state index contributed by atoms with van der Waals surface area (Å²) in [4.78, 5) is 19.6. The van der Waals surface area contributed by atoms with Crippen molar-refractivity contribution < 1.29 is 4.79 Å². The lowest BCUT2D eigenvalue weighted by molar-refractivity contribution is -0.131. The van der Waals surface area contributed by atoms with Crippen LogP contribution in [0.2, 0.25) is 0 Å². The number of amides is 1. The molecule has 27 heavy (non-hydrogen) atoms. The van der Waals surface area contributed by atoms with Gasteiger partial charge in [0.15, 0.2) is 5.96 Å². The van der Waals surface area contributed by atoms with Gasteiger partial charge in [-0.25, -0.2) is 4.99 Å². The molecule has 0 spiro atoms. The summed E-state index contributed by atoms with van der Waals surface area (Å²) in [5.41, 5.74) is 5.51. The van der Waals surface area contributed by atoms with Gasteiger partial charge in [0.1, 0.15) is 5.54 Å². The second-order valence-electron chi connectivity index (χ2n) is 9.38. The first-order valence-corrected chi connectivity index (χ1v) is 11.3. The SMILES string of the molecule is C=CCC[C@H]1CCC[C@H](C[C@@]2(CCC3CCCCC3)N=C(N)N(C)C2=O)C1. The summed E-state index contributed by atoms with van der Waals surface area (Å²) in [7, 11) is 1.79. The van der Waals surface area contributed by atoms with E-state index in [2.05, 4.69) is 6.58 Å². The van der Waals surface area contributed by atoms with E-state index in [1.807, 2.05) is 6.08 Å². The zero-order valence-electron chi connectivity index (χ0n) is 17.3. The first kappa shape index (κ1) is 20.4. The highest BCUT2D eigenvalue weighted by molar-refractivity contribution is 6.06. The molecular formula is C23H39N3O. The average Bonchev–Trinajstić information content (AvgIpc) is 2.90. The van der Waals surface area contributed by atoms with E-state index in [0.717, 1.165) is 37.5 Å². The lowest BCUT2D eigenvalue weighted by atomic mass is 9.72. The van der Waals surface area contributed by atoms with Crippen molar-refractivity contribution in [3.8, 4) is 0 Å². The molecule has 3 aliphatic rings. The van der Waals surface area contributed by atoms with Crippen molar-refractivity contribution in [1.82, 2.24) is 4.90 Å². The first-order valence-electron chi connectivity index (χ1n) is 11.3. The van der Waals surface area contributed by atoms with Crippen molar-refractivity contribution in [2.75, 3.05) is 7.05 Å². The van der Waals surface area contributed by atoms with Crippen LogP contribution in [0, 0.1) is 17.8 Å². The molecule has 152 valence electrons. The number of carbonyl (C=O) groups is 1. The predicted molar refractivity (Wildman–Crippen MR) is 112 cm³/mol. The van der Waals surface area contributed by atoms with Crippen LogP contribution >= 0.6 is 0 Å². The van der Waals surface area contributed by atoms with Gasteiger partial charge in [-0.2, -0.15) is 0 Å². The molecule has 4 nitrogen and oxygen atoms in total. The Morgan fingerprint density at radius 1 is 1.11 bits per heavy atom. The van der Waals surface area contributed by atoms with E-state index < -0.39 is 5.54 Å². The van der Waals surface area contributed by atoms with Gasteiger partial charge in [-0.15, -0.1) is 6.58 Å². The summed E-state index contributed by atoms with van der Waals surface area (Å²) < 4.78 is 0. The van der Waals surface area contributed by atoms with Gasteiger partial charge in [0, 0.05) is 7.05 Å². The maximum Gasteiger partial charge on any atom is 0.257 e. The molecule has 2 fully saturated rings. The van der Waals surface area contributed by atoms with E-state index in [-0.39, 0.29) is 5.91 Å². The summed E-state index contributed by atoms with van der Waals surface area (Å²) in [5.74, 6) is 2.73. The number of hydrogen-bond acceptors (Lipinski definition) is 3. The number of guanidine groups is 1. The van der Waals surface area contributed by atoms with Gasteiger partial charge in [0.25, 0.3) is 5.91 Å². The van der Waals surface area contributed by atoms with Crippen LogP contribution in [-0.4, -0.2) is 29.4 Å². The Morgan fingerprint density at radius 2 is 1.81 bits per heavy atom. The van der Waals surface area contributed by atoms with E-state index in [1.165, 1.54) is 64.2 Å². The number of carbonyl (C=O) groups excluding carboxylic acids is 1. The van der Waals surface area contributed by atoms with Crippen molar-refractivity contribution in [3.05, 3.63) is 12.7 Å². The highest BCUT2D eigenvalue weighted by Crippen LogP contribution is 2.42. The zero-order valence-corrected chi connectivity index (χ0v) is 17.3. The lowest BCUT2D eigenvalue weighted by Crippen LogP contribution is -2.44. The summed E-state index contributed by atoms with van der Waals surface area (Å²) in [6, 6.07) is 0. The van der Waals surface area contributed by atoms with Crippen molar-refractivity contribution in [3.63, 3.8) is 0 Å². The maximum absolute atomic E-state index is 13.2. The van der Waals surface area contributed by atoms with E-state index in [0.29, 0.717) is 11.9 Å². The molecule has 2 aliphatic carbocycles. The van der Waals surface area contributed by atoms with Crippen LogP contribution in [-0.2, 0) is 4.79 Å². The molecule has 0 bridgehead atoms. The number of likely N-dealkylation sites (N-methyl/N-ethyl adjacent to an activating group) is 1. The number of allylic oxidation sites excluding steroid dienone is 1. The molecular weight excluding hydrogens is 334 g/mol. The molecule has 0 saturated heterocycles.